The van der Waals surface area contributed by atoms with Crippen molar-refractivity contribution >= 4 is 16.0 Å². The van der Waals surface area contributed by atoms with Crippen LogP contribution in [0, 0.1) is 6.92 Å². The third kappa shape index (κ3) is 2.58. The molecule has 0 fully saturated rings. The fourth-order valence-corrected chi connectivity index (χ4v) is 2.46. The third-order valence-electron chi connectivity index (χ3n) is 1.96. The summed E-state index contributed by atoms with van der Waals surface area (Å²) in [5.41, 5.74) is 0.407. The van der Waals surface area contributed by atoms with Crippen molar-refractivity contribution in [1.29, 1.82) is 0 Å². The topological polar surface area (TPSA) is 101 Å². The Kier molecular flexibility index (Phi) is 3.66. The molecule has 90 valence electrons. The molecule has 0 radical (unpaired) electrons. The lowest BCUT2D eigenvalue weighted by Gasteiger charge is -2.11. The normalized spacial score (nSPS) is 13.4. The van der Waals surface area contributed by atoms with Crippen LogP contribution in [0.15, 0.2) is 11.1 Å². The van der Waals surface area contributed by atoms with Crippen LogP contribution in [0.4, 0.5) is 0 Å². The van der Waals surface area contributed by atoms with Crippen molar-refractivity contribution < 1.29 is 17.9 Å². The van der Waals surface area contributed by atoms with Gasteiger partial charge in [-0.2, -0.15) is 9.82 Å². The van der Waals surface area contributed by atoms with E-state index in [-0.39, 0.29) is 4.90 Å². The lowest BCUT2D eigenvalue weighted by molar-refractivity contribution is -0.142. The Morgan fingerprint density at radius 1 is 1.62 bits per heavy atom. The fraction of sp³-hybridized carbons (Fsp3) is 0.500. The summed E-state index contributed by atoms with van der Waals surface area (Å²) in [5.74, 6) is -0.648. The number of esters is 1. The fourth-order valence-electron chi connectivity index (χ4n) is 1.13. The third-order valence-corrected chi connectivity index (χ3v) is 3.61. The molecule has 0 saturated carbocycles. The van der Waals surface area contributed by atoms with Gasteiger partial charge in [-0.1, -0.05) is 0 Å². The Labute approximate surface area is 93.2 Å². The smallest absolute Gasteiger partial charge is 0.323 e. The summed E-state index contributed by atoms with van der Waals surface area (Å²) in [7, 11) is -2.56. The van der Waals surface area contributed by atoms with Gasteiger partial charge in [-0.05, 0) is 13.8 Å². The molecule has 1 aromatic heterocycles. The number of sulfonamides is 1. The molecule has 0 aliphatic carbocycles. The average molecular weight is 247 g/mol. The van der Waals surface area contributed by atoms with Crippen LogP contribution in [0.25, 0.3) is 0 Å². The minimum Gasteiger partial charge on any atom is -0.468 e. The summed E-state index contributed by atoms with van der Waals surface area (Å²) in [5, 5.41) is 6.11. The van der Waals surface area contributed by atoms with Crippen molar-refractivity contribution in [3.8, 4) is 0 Å². The van der Waals surface area contributed by atoms with Gasteiger partial charge >= 0.3 is 5.97 Å². The summed E-state index contributed by atoms with van der Waals surface area (Å²) in [4.78, 5) is 11.1. The van der Waals surface area contributed by atoms with E-state index in [0.717, 1.165) is 0 Å². The Hall–Kier alpha value is -1.41. The summed E-state index contributed by atoms with van der Waals surface area (Å²) in [6, 6.07) is -0.940. The highest BCUT2D eigenvalue weighted by Gasteiger charge is 2.24. The van der Waals surface area contributed by atoms with Crippen molar-refractivity contribution in [3.05, 3.63) is 11.9 Å². The maximum atomic E-state index is 11.8. The number of hydrogen-bond donors (Lipinski definition) is 2. The second-order valence-corrected chi connectivity index (χ2v) is 4.91. The number of carbonyl (C=O) groups excluding carboxylic acids is 1. The molecule has 1 heterocycles. The van der Waals surface area contributed by atoms with Gasteiger partial charge in [0.2, 0.25) is 10.0 Å². The van der Waals surface area contributed by atoms with Crippen LogP contribution in [0.5, 0.6) is 0 Å². The molecule has 2 N–H and O–H groups in total. The van der Waals surface area contributed by atoms with Gasteiger partial charge in [0, 0.05) is 0 Å². The number of H-pyrrole nitrogens is 1. The van der Waals surface area contributed by atoms with Gasteiger partial charge < -0.3 is 4.74 Å². The molecule has 7 nitrogen and oxygen atoms in total. The van der Waals surface area contributed by atoms with Crippen LogP contribution >= 0.6 is 0 Å². The van der Waals surface area contributed by atoms with Gasteiger partial charge in [-0.3, -0.25) is 9.89 Å². The summed E-state index contributed by atoms with van der Waals surface area (Å²) in [6.07, 6.45) is 1.18. The summed E-state index contributed by atoms with van der Waals surface area (Å²) in [6.45, 7) is 2.98. The molecular formula is C8H13N3O4S. The van der Waals surface area contributed by atoms with Gasteiger partial charge in [-0.15, -0.1) is 0 Å². The molecule has 1 rings (SSSR count). The molecule has 0 aliphatic heterocycles. The van der Waals surface area contributed by atoms with Crippen LogP contribution in [0.1, 0.15) is 12.6 Å². The Morgan fingerprint density at radius 3 is 2.69 bits per heavy atom. The number of methoxy groups -OCH3 is 1. The molecule has 0 spiro atoms. The van der Waals surface area contributed by atoms with Crippen molar-refractivity contribution in [2.24, 2.45) is 0 Å². The number of ether oxygens (including phenoxy) is 1. The summed E-state index contributed by atoms with van der Waals surface area (Å²) >= 11 is 0. The van der Waals surface area contributed by atoms with Gasteiger partial charge in [0.25, 0.3) is 0 Å². The standard InChI is InChI=1S/C8H13N3O4S/c1-5-7(4-9-10-5)16(13,14)11-6(2)8(12)15-3/h4,6,11H,1-3H3,(H,9,10). The van der Waals surface area contributed by atoms with Gasteiger partial charge in [0.15, 0.2) is 0 Å². The first kappa shape index (κ1) is 12.7. The Bertz CT molecular complexity index is 479. The number of aryl methyl sites for hydroxylation is 1. The number of hydrogen-bond acceptors (Lipinski definition) is 5. The van der Waals surface area contributed by atoms with E-state index in [9.17, 15) is 13.2 Å². The molecule has 0 amide bonds. The lowest BCUT2D eigenvalue weighted by Crippen LogP contribution is -2.39. The zero-order chi connectivity index (χ0) is 12.3. The number of rotatable bonds is 4. The maximum Gasteiger partial charge on any atom is 0.323 e. The Balaban J connectivity index is 2.89. The first-order valence-electron chi connectivity index (χ1n) is 4.48. The lowest BCUT2D eigenvalue weighted by atomic mass is 10.4. The molecule has 1 atom stereocenters. The first-order chi connectivity index (χ1) is 7.38. The molecule has 8 heteroatoms. The predicted octanol–water partition coefficient (Wildman–Crippen LogP) is -0.442. The molecule has 1 aromatic rings. The van der Waals surface area contributed by atoms with E-state index in [0.29, 0.717) is 5.69 Å². The number of aromatic amines is 1. The SMILES string of the molecule is COC(=O)C(C)NS(=O)(=O)c1cn[nH]c1C. The van der Waals surface area contributed by atoms with Crippen LogP contribution in [0.3, 0.4) is 0 Å². The van der Waals surface area contributed by atoms with Crippen LogP contribution in [-0.2, 0) is 19.6 Å². The monoisotopic (exact) mass is 247 g/mol. The maximum absolute atomic E-state index is 11.8. The largest absolute Gasteiger partial charge is 0.468 e. The van der Waals surface area contributed by atoms with E-state index in [1.165, 1.54) is 20.2 Å². The molecule has 0 aliphatic rings. The van der Waals surface area contributed by atoms with Crippen molar-refractivity contribution in [1.82, 2.24) is 14.9 Å². The zero-order valence-electron chi connectivity index (χ0n) is 9.14. The highest BCUT2D eigenvalue weighted by atomic mass is 32.2. The van der Waals surface area contributed by atoms with Gasteiger partial charge in [-0.25, -0.2) is 8.42 Å². The molecule has 0 aromatic carbocycles. The van der Waals surface area contributed by atoms with Crippen LogP contribution in [0.2, 0.25) is 0 Å². The van der Waals surface area contributed by atoms with Gasteiger partial charge in [0.1, 0.15) is 10.9 Å². The zero-order valence-corrected chi connectivity index (χ0v) is 9.96. The predicted molar refractivity (Wildman–Crippen MR) is 55.1 cm³/mol. The van der Waals surface area contributed by atoms with E-state index in [2.05, 4.69) is 19.7 Å². The van der Waals surface area contributed by atoms with Crippen molar-refractivity contribution in [2.45, 2.75) is 24.8 Å². The highest BCUT2D eigenvalue weighted by molar-refractivity contribution is 7.89. The van der Waals surface area contributed by atoms with E-state index in [4.69, 9.17) is 0 Å². The average Bonchev–Trinajstić information content (AvgIpc) is 2.63. The van der Waals surface area contributed by atoms with Crippen LogP contribution in [-0.4, -0.2) is 37.7 Å². The second-order valence-electron chi connectivity index (χ2n) is 3.23. The second kappa shape index (κ2) is 4.62. The summed E-state index contributed by atoms with van der Waals surface area (Å²) < 4.78 is 30.1. The number of nitrogens with one attached hydrogen (secondary N) is 2. The molecule has 1 unspecified atom stereocenters. The molecule has 16 heavy (non-hydrogen) atoms. The minimum absolute atomic E-state index is 0.0169. The number of carbonyl (C=O) groups is 1. The molecular weight excluding hydrogens is 234 g/mol. The molecule has 0 bridgehead atoms. The highest BCUT2D eigenvalue weighted by Crippen LogP contribution is 2.11. The number of aromatic nitrogens is 2. The van der Waals surface area contributed by atoms with Gasteiger partial charge in [0.05, 0.1) is 19.0 Å². The quantitative estimate of drug-likeness (QED) is 0.702. The minimum atomic E-state index is -3.75. The van der Waals surface area contributed by atoms with E-state index in [1.54, 1.807) is 6.92 Å². The van der Waals surface area contributed by atoms with E-state index >= 15 is 0 Å². The number of nitrogens with zero attached hydrogens (tertiary/aromatic N) is 1. The van der Waals surface area contributed by atoms with Crippen molar-refractivity contribution in [2.75, 3.05) is 7.11 Å². The molecule has 0 saturated heterocycles. The first-order valence-corrected chi connectivity index (χ1v) is 5.97. The van der Waals surface area contributed by atoms with E-state index < -0.39 is 22.0 Å². The van der Waals surface area contributed by atoms with E-state index in [1.807, 2.05) is 0 Å². The van der Waals surface area contributed by atoms with Crippen LogP contribution < -0.4 is 4.72 Å². The Morgan fingerprint density at radius 2 is 2.25 bits per heavy atom. The van der Waals surface area contributed by atoms with Crippen molar-refractivity contribution in [3.63, 3.8) is 0 Å².